The fourth-order valence-corrected chi connectivity index (χ4v) is 6.60. The predicted molar refractivity (Wildman–Crippen MR) is 127 cm³/mol. The van der Waals surface area contributed by atoms with Gasteiger partial charge in [-0.05, 0) is 74.7 Å². The first-order valence-electron chi connectivity index (χ1n) is 11.0. The normalized spacial score (nSPS) is 21.9. The Kier molecular flexibility index (Phi) is 7.23. The van der Waals surface area contributed by atoms with Crippen molar-refractivity contribution in [2.75, 3.05) is 17.4 Å². The number of anilines is 1. The van der Waals surface area contributed by atoms with Gasteiger partial charge in [0, 0.05) is 16.6 Å². The molecular weight excluding hydrogens is 467 g/mol. The van der Waals surface area contributed by atoms with Crippen LogP contribution in [0.15, 0.2) is 48.5 Å². The summed E-state index contributed by atoms with van der Waals surface area (Å²) in [7, 11) is -3.70. The number of nitrogens with two attached hydrogens (primary N) is 1. The Hall–Kier alpha value is -2.20. The second-order valence-electron chi connectivity index (χ2n) is 8.66. The maximum absolute atomic E-state index is 13.8. The van der Waals surface area contributed by atoms with Gasteiger partial charge in [-0.1, -0.05) is 29.8 Å². The number of benzene rings is 2. The lowest BCUT2D eigenvalue weighted by Crippen LogP contribution is -2.52. The van der Waals surface area contributed by atoms with Gasteiger partial charge in [0.2, 0.25) is 10.0 Å². The standard InChI is InChI=1S/C23H28ClFN4O3S/c24-18-2-1-3-20(12-18)29(15-16-4-6-17(7-5-16)23(30)27-26)33(31,32)22-8-10-28(11-9-22)21-13-19(25)14-21/h1-7,12,19,21-22H,8-11,13-15,26H2,(H,27,30). The number of piperidine rings is 1. The second kappa shape index (κ2) is 9.97. The number of nitrogens with zero attached hydrogens (tertiary/aromatic N) is 2. The Morgan fingerprint density at radius 3 is 2.39 bits per heavy atom. The minimum Gasteiger partial charge on any atom is -0.300 e. The van der Waals surface area contributed by atoms with E-state index in [0.717, 1.165) is 5.56 Å². The maximum Gasteiger partial charge on any atom is 0.265 e. The number of rotatable bonds is 7. The third kappa shape index (κ3) is 5.32. The van der Waals surface area contributed by atoms with Gasteiger partial charge < -0.3 is 4.90 Å². The molecule has 2 aromatic rings. The number of likely N-dealkylation sites (tertiary alicyclic amines) is 1. The van der Waals surface area contributed by atoms with Crippen LogP contribution in [0, 0.1) is 0 Å². The molecule has 178 valence electrons. The summed E-state index contributed by atoms with van der Waals surface area (Å²) in [5.74, 6) is 4.76. The van der Waals surface area contributed by atoms with Gasteiger partial charge in [-0.25, -0.2) is 18.7 Å². The molecule has 10 heteroatoms. The smallest absolute Gasteiger partial charge is 0.265 e. The van der Waals surface area contributed by atoms with E-state index in [9.17, 15) is 17.6 Å². The predicted octanol–water partition coefficient (Wildman–Crippen LogP) is 3.24. The summed E-state index contributed by atoms with van der Waals surface area (Å²) < 4.78 is 42.2. The fraction of sp³-hybridized carbons (Fsp3) is 0.435. The van der Waals surface area contributed by atoms with Gasteiger partial charge in [-0.3, -0.25) is 14.5 Å². The Morgan fingerprint density at radius 2 is 1.82 bits per heavy atom. The van der Waals surface area contributed by atoms with Crippen LogP contribution in [0.5, 0.6) is 0 Å². The van der Waals surface area contributed by atoms with E-state index in [1.165, 1.54) is 4.31 Å². The quantitative estimate of drug-likeness (QED) is 0.350. The summed E-state index contributed by atoms with van der Waals surface area (Å²) in [4.78, 5) is 13.9. The van der Waals surface area contributed by atoms with Crippen molar-refractivity contribution >= 4 is 33.2 Å². The molecule has 1 aliphatic carbocycles. The third-order valence-electron chi connectivity index (χ3n) is 6.55. The molecule has 2 fully saturated rings. The van der Waals surface area contributed by atoms with Crippen molar-refractivity contribution in [3.8, 4) is 0 Å². The number of nitrogens with one attached hydrogen (secondary N) is 1. The zero-order valence-corrected chi connectivity index (χ0v) is 19.7. The molecule has 0 unspecified atom stereocenters. The SMILES string of the molecule is NNC(=O)c1ccc(CN(c2cccc(Cl)c2)S(=O)(=O)C2CCN(C3CC(F)C3)CC2)cc1. The highest BCUT2D eigenvalue weighted by atomic mass is 35.5. The summed E-state index contributed by atoms with van der Waals surface area (Å²) in [5, 5.41) is -0.0838. The van der Waals surface area contributed by atoms with Crippen LogP contribution in [0.1, 0.15) is 41.6 Å². The van der Waals surface area contributed by atoms with Crippen molar-refractivity contribution < 1.29 is 17.6 Å². The van der Waals surface area contributed by atoms with Crippen LogP contribution in [0.3, 0.4) is 0 Å². The van der Waals surface area contributed by atoms with Crippen molar-refractivity contribution in [1.82, 2.24) is 10.3 Å². The zero-order chi connectivity index (χ0) is 23.6. The van der Waals surface area contributed by atoms with Gasteiger partial charge in [0.25, 0.3) is 5.91 Å². The number of halogens is 2. The van der Waals surface area contributed by atoms with Crippen LogP contribution in [0.2, 0.25) is 5.02 Å². The molecule has 1 saturated heterocycles. The first-order valence-corrected chi connectivity index (χ1v) is 12.9. The Balaban J connectivity index is 1.55. The molecule has 0 aromatic heterocycles. The number of nitrogen functional groups attached to an aromatic ring is 1. The van der Waals surface area contributed by atoms with Crippen LogP contribution >= 0.6 is 11.6 Å². The van der Waals surface area contributed by atoms with Crippen molar-refractivity contribution in [1.29, 1.82) is 0 Å². The van der Waals surface area contributed by atoms with Gasteiger partial charge in [-0.15, -0.1) is 0 Å². The first-order chi connectivity index (χ1) is 15.8. The molecule has 4 rings (SSSR count). The number of sulfonamides is 1. The van der Waals surface area contributed by atoms with Crippen LogP contribution in [0.25, 0.3) is 0 Å². The molecule has 0 bridgehead atoms. The number of carbonyl (C=O) groups is 1. The van der Waals surface area contributed by atoms with Crippen LogP contribution in [-0.4, -0.2) is 49.8 Å². The molecule has 0 radical (unpaired) electrons. The molecule has 1 saturated carbocycles. The Labute approximate surface area is 198 Å². The lowest BCUT2D eigenvalue weighted by molar-refractivity contribution is 0.0424. The average molecular weight is 495 g/mol. The van der Waals surface area contributed by atoms with E-state index >= 15 is 0 Å². The minimum absolute atomic E-state index is 0.111. The van der Waals surface area contributed by atoms with Crippen LogP contribution in [0.4, 0.5) is 10.1 Å². The van der Waals surface area contributed by atoms with E-state index in [2.05, 4.69) is 10.3 Å². The number of hydrazine groups is 1. The van der Waals surface area contributed by atoms with Crippen molar-refractivity contribution in [2.45, 2.75) is 49.7 Å². The lowest BCUT2D eigenvalue weighted by atomic mass is 9.88. The van der Waals surface area contributed by atoms with Gasteiger partial charge in [0.05, 0.1) is 17.5 Å². The molecule has 1 amide bonds. The zero-order valence-electron chi connectivity index (χ0n) is 18.2. The summed E-state index contributed by atoms with van der Waals surface area (Å²) in [6, 6.07) is 13.7. The summed E-state index contributed by atoms with van der Waals surface area (Å²) >= 11 is 6.17. The Morgan fingerprint density at radius 1 is 1.15 bits per heavy atom. The first kappa shape index (κ1) is 23.9. The number of carbonyl (C=O) groups excluding carboxylic acids is 1. The molecule has 3 N–H and O–H groups in total. The summed E-state index contributed by atoms with van der Waals surface area (Å²) in [6.45, 7) is 1.40. The monoisotopic (exact) mass is 494 g/mol. The van der Waals surface area contributed by atoms with Gasteiger partial charge in [0.1, 0.15) is 6.17 Å². The highest BCUT2D eigenvalue weighted by molar-refractivity contribution is 7.93. The Bertz CT molecular complexity index is 1090. The van der Waals surface area contributed by atoms with Gasteiger partial charge in [-0.2, -0.15) is 0 Å². The molecular formula is C23H28ClFN4O3S. The number of hydrogen-bond donors (Lipinski definition) is 2. The molecule has 0 atom stereocenters. The van der Waals surface area contributed by atoms with E-state index in [-0.39, 0.29) is 12.6 Å². The topological polar surface area (TPSA) is 95.7 Å². The molecule has 2 aliphatic rings. The molecule has 1 aliphatic heterocycles. The lowest BCUT2D eigenvalue weighted by Gasteiger charge is -2.43. The van der Waals surface area contributed by atoms with Gasteiger partial charge in [0.15, 0.2) is 0 Å². The van der Waals surface area contributed by atoms with E-state index in [1.54, 1.807) is 48.5 Å². The van der Waals surface area contributed by atoms with Crippen LogP contribution in [-0.2, 0) is 16.6 Å². The van der Waals surface area contributed by atoms with Crippen molar-refractivity contribution in [3.63, 3.8) is 0 Å². The molecule has 1 heterocycles. The highest BCUT2D eigenvalue weighted by Gasteiger charge is 2.40. The number of hydrogen-bond acceptors (Lipinski definition) is 5. The molecule has 7 nitrogen and oxygen atoms in total. The minimum atomic E-state index is -3.70. The summed E-state index contributed by atoms with van der Waals surface area (Å²) in [6.07, 6.45) is 1.37. The third-order valence-corrected chi connectivity index (χ3v) is 9.05. The number of alkyl halides is 1. The number of amides is 1. The van der Waals surface area contributed by atoms with Crippen molar-refractivity contribution in [2.24, 2.45) is 5.84 Å². The maximum atomic E-state index is 13.8. The second-order valence-corrected chi connectivity index (χ2v) is 11.2. The fourth-order valence-electron chi connectivity index (χ4n) is 4.51. The van der Waals surface area contributed by atoms with Crippen LogP contribution < -0.4 is 15.6 Å². The van der Waals surface area contributed by atoms with Gasteiger partial charge >= 0.3 is 0 Å². The average Bonchev–Trinajstić information content (AvgIpc) is 2.80. The van der Waals surface area contributed by atoms with E-state index in [1.807, 2.05) is 0 Å². The largest absolute Gasteiger partial charge is 0.300 e. The molecule has 2 aromatic carbocycles. The van der Waals surface area contributed by atoms with E-state index in [0.29, 0.717) is 55.0 Å². The highest BCUT2D eigenvalue weighted by Crippen LogP contribution is 2.34. The van der Waals surface area contributed by atoms with Crippen molar-refractivity contribution in [3.05, 3.63) is 64.7 Å². The summed E-state index contributed by atoms with van der Waals surface area (Å²) in [5.41, 5.74) is 3.69. The molecule has 33 heavy (non-hydrogen) atoms. The molecule has 0 spiro atoms. The van der Waals surface area contributed by atoms with E-state index < -0.39 is 27.4 Å². The van der Waals surface area contributed by atoms with E-state index in [4.69, 9.17) is 17.4 Å².